The standard InChI is InChI=1S/C16H22N4/c1-16(2,3)19-12-13-10-17-15(18-11-13)20(4)14-8-6-5-7-9-14/h5-11,19H,12H2,1-4H3. The smallest absolute Gasteiger partial charge is 0.229 e. The molecule has 1 aromatic heterocycles. The zero-order chi connectivity index (χ0) is 14.6. The van der Waals surface area contributed by atoms with Crippen LogP contribution in [0.1, 0.15) is 26.3 Å². The highest BCUT2D eigenvalue weighted by atomic mass is 15.2. The maximum atomic E-state index is 4.43. The maximum Gasteiger partial charge on any atom is 0.229 e. The Morgan fingerprint density at radius 2 is 1.65 bits per heavy atom. The molecule has 0 saturated heterocycles. The van der Waals surface area contributed by atoms with Gasteiger partial charge >= 0.3 is 0 Å². The summed E-state index contributed by atoms with van der Waals surface area (Å²) in [5.74, 6) is 0.704. The number of para-hydroxylation sites is 1. The number of rotatable bonds is 4. The second-order valence-corrected chi connectivity index (χ2v) is 5.89. The van der Waals surface area contributed by atoms with Crippen molar-refractivity contribution in [3.63, 3.8) is 0 Å². The van der Waals surface area contributed by atoms with Crippen LogP contribution in [0.15, 0.2) is 42.7 Å². The third-order valence-corrected chi connectivity index (χ3v) is 2.96. The average Bonchev–Trinajstić information content (AvgIpc) is 2.45. The van der Waals surface area contributed by atoms with Crippen LogP contribution in [0.4, 0.5) is 11.6 Å². The highest BCUT2D eigenvalue weighted by molar-refractivity contribution is 5.55. The van der Waals surface area contributed by atoms with Gasteiger partial charge in [-0.2, -0.15) is 0 Å². The molecule has 4 heteroatoms. The minimum atomic E-state index is 0.0967. The molecule has 0 bridgehead atoms. The van der Waals surface area contributed by atoms with E-state index in [2.05, 4.69) is 36.1 Å². The molecule has 1 aromatic carbocycles. The van der Waals surface area contributed by atoms with Gasteiger partial charge in [0, 0.05) is 42.8 Å². The molecule has 0 unspecified atom stereocenters. The highest BCUT2D eigenvalue weighted by Crippen LogP contribution is 2.18. The molecule has 0 aliphatic heterocycles. The number of aromatic nitrogens is 2. The molecule has 4 nitrogen and oxygen atoms in total. The van der Waals surface area contributed by atoms with Gasteiger partial charge in [0.25, 0.3) is 0 Å². The molecule has 0 radical (unpaired) electrons. The predicted molar refractivity (Wildman–Crippen MR) is 83.1 cm³/mol. The zero-order valence-corrected chi connectivity index (χ0v) is 12.6. The van der Waals surface area contributed by atoms with E-state index in [4.69, 9.17) is 0 Å². The number of benzene rings is 1. The summed E-state index contributed by atoms with van der Waals surface area (Å²) in [5.41, 5.74) is 2.26. The normalized spacial score (nSPS) is 11.4. The van der Waals surface area contributed by atoms with Gasteiger partial charge in [0.2, 0.25) is 5.95 Å². The van der Waals surface area contributed by atoms with E-state index in [1.807, 2.05) is 54.7 Å². The number of anilines is 2. The minimum Gasteiger partial charge on any atom is -0.314 e. The van der Waals surface area contributed by atoms with Gasteiger partial charge in [-0.15, -0.1) is 0 Å². The monoisotopic (exact) mass is 270 g/mol. The Hall–Kier alpha value is -1.94. The molecule has 0 spiro atoms. The Kier molecular flexibility index (Phi) is 4.35. The van der Waals surface area contributed by atoms with Crippen molar-refractivity contribution in [1.29, 1.82) is 0 Å². The van der Waals surface area contributed by atoms with Crippen LogP contribution in [0.3, 0.4) is 0 Å². The molecule has 20 heavy (non-hydrogen) atoms. The topological polar surface area (TPSA) is 41.1 Å². The van der Waals surface area contributed by atoms with Crippen LogP contribution in [-0.4, -0.2) is 22.6 Å². The van der Waals surface area contributed by atoms with Gasteiger partial charge < -0.3 is 10.2 Å². The SMILES string of the molecule is CN(c1ccccc1)c1ncc(CNC(C)(C)C)cn1. The van der Waals surface area contributed by atoms with Crippen molar-refractivity contribution in [2.45, 2.75) is 32.9 Å². The average molecular weight is 270 g/mol. The highest BCUT2D eigenvalue weighted by Gasteiger charge is 2.10. The summed E-state index contributed by atoms with van der Waals surface area (Å²) < 4.78 is 0. The first-order chi connectivity index (χ1) is 9.46. The van der Waals surface area contributed by atoms with Gasteiger partial charge in [-0.1, -0.05) is 18.2 Å². The lowest BCUT2D eigenvalue weighted by Crippen LogP contribution is -2.35. The van der Waals surface area contributed by atoms with Crippen molar-refractivity contribution >= 4 is 11.6 Å². The van der Waals surface area contributed by atoms with Crippen molar-refractivity contribution < 1.29 is 0 Å². The summed E-state index contributed by atoms with van der Waals surface area (Å²) in [6, 6.07) is 10.1. The predicted octanol–water partition coefficient (Wildman–Crippen LogP) is 3.13. The van der Waals surface area contributed by atoms with E-state index in [1.165, 1.54) is 0 Å². The van der Waals surface area contributed by atoms with E-state index < -0.39 is 0 Å². The fraction of sp³-hybridized carbons (Fsp3) is 0.375. The van der Waals surface area contributed by atoms with Crippen LogP contribution in [-0.2, 0) is 6.54 Å². The summed E-state index contributed by atoms with van der Waals surface area (Å²) in [4.78, 5) is 10.8. The summed E-state index contributed by atoms with van der Waals surface area (Å²) in [6.07, 6.45) is 3.75. The van der Waals surface area contributed by atoms with Gasteiger partial charge in [-0.25, -0.2) is 9.97 Å². The molecule has 0 fully saturated rings. The number of nitrogens with one attached hydrogen (secondary N) is 1. The first-order valence-electron chi connectivity index (χ1n) is 6.80. The molecule has 106 valence electrons. The van der Waals surface area contributed by atoms with Crippen LogP contribution in [0.25, 0.3) is 0 Å². The Bertz CT molecular complexity index is 529. The first kappa shape index (κ1) is 14.5. The Morgan fingerprint density at radius 1 is 1.05 bits per heavy atom. The maximum absolute atomic E-state index is 4.43. The summed E-state index contributed by atoms with van der Waals surface area (Å²) >= 11 is 0. The van der Waals surface area contributed by atoms with E-state index >= 15 is 0 Å². The van der Waals surface area contributed by atoms with Crippen molar-refractivity contribution in [3.8, 4) is 0 Å². The van der Waals surface area contributed by atoms with E-state index in [-0.39, 0.29) is 5.54 Å². The third kappa shape index (κ3) is 4.03. The molecule has 0 amide bonds. The van der Waals surface area contributed by atoms with E-state index in [9.17, 15) is 0 Å². The van der Waals surface area contributed by atoms with Crippen molar-refractivity contribution in [1.82, 2.24) is 15.3 Å². The molecule has 0 atom stereocenters. The van der Waals surface area contributed by atoms with Crippen LogP contribution in [0.2, 0.25) is 0 Å². The minimum absolute atomic E-state index is 0.0967. The van der Waals surface area contributed by atoms with Crippen LogP contribution >= 0.6 is 0 Å². The molecule has 1 N–H and O–H groups in total. The largest absolute Gasteiger partial charge is 0.314 e. The zero-order valence-electron chi connectivity index (χ0n) is 12.6. The van der Waals surface area contributed by atoms with Crippen molar-refractivity contribution in [3.05, 3.63) is 48.3 Å². The molecule has 0 aliphatic carbocycles. The molecular formula is C16H22N4. The fourth-order valence-electron chi connectivity index (χ4n) is 1.75. The molecule has 1 heterocycles. The Labute approximate surface area is 120 Å². The Balaban J connectivity index is 2.05. The van der Waals surface area contributed by atoms with Crippen molar-refractivity contribution in [2.24, 2.45) is 0 Å². The molecule has 0 saturated carbocycles. The lowest BCUT2D eigenvalue weighted by Gasteiger charge is -2.21. The van der Waals surface area contributed by atoms with Gasteiger partial charge in [0.15, 0.2) is 0 Å². The van der Waals surface area contributed by atoms with Gasteiger partial charge in [-0.3, -0.25) is 0 Å². The number of hydrogen-bond donors (Lipinski definition) is 1. The Morgan fingerprint density at radius 3 is 2.20 bits per heavy atom. The van der Waals surface area contributed by atoms with Crippen LogP contribution in [0, 0.1) is 0 Å². The lowest BCUT2D eigenvalue weighted by molar-refractivity contribution is 0.423. The quantitative estimate of drug-likeness (QED) is 0.926. The number of hydrogen-bond acceptors (Lipinski definition) is 4. The summed E-state index contributed by atoms with van der Waals surface area (Å²) in [7, 11) is 1.97. The fourth-order valence-corrected chi connectivity index (χ4v) is 1.75. The molecule has 2 aromatic rings. The second kappa shape index (κ2) is 6.01. The second-order valence-electron chi connectivity index (χ2n) is 5.89. The van der Waals surface area contributed by atoms with Gasteiger partial charge in [-0.05, 0) is 32.9 Å². The molecule has 0 aliphatic rings. The number of nitrogens with zero attached hydrogens (tertiary/aromatic N) is 3. The molecule has 2 rings (SSSR count). The van der Waals surface area contributed by atoms with E-state index in [0.717, 1.165) is 17.8 Å². The third-order valence-electron chi connectivity index (χ3n) is 2.96. The lowest BCUT2D eigenvalue weighted by atomic mass is 10.1. The van der Waals surface area contributed by atoms with Gasteiger partial charge in [0.05, 0.1) is 0 Å². The van der Waals surface area contributed by atoms with Crippen LogP contribution in [0.5, 0.6) is 0 Å². The molecular weight excluding hydrogens is 248 g/mol. The summed E-state index contributed by atoms with van der Waals surface area (Å²) in [6.45, 7) is 7.21. The van der Waals surface area contributed by atoms with Crippen molar-refractivity contribution in [2.75, 3.05) is 11.9 Å². The summed E-state index contributed by atoms with van der Waals surface area (Å²) in [5, 5.41) is 3.42. The van der Waals surface area contributed by atoms with E-state index in [0.29, 0.717) is 5.95 Å². The van der Waals surface area contributed by atoms with E-state index in [1.54, 1.807) is 0 Å². The van der Waals surface area contributed by atoms with Gasteiger partial charge in [0.1, 0.15) is 0 Å². The van der Waals surface area contributed by atoms with Crippen LogP contribution < -0.4 is 10.2 Å². The first-order valence-corrected chi connectivity index (χ1v) is 6.80.